The van der Waals surface area contributed by atoms with Crippen LogP contribution in [0.2, 0.25) is 0 Å². The lowest BCUT2D eigenvalue weighted by Crippen LogP contribution is -2.38. The third-order valence-electron chi connectivity index (χ3n) is 2.06. The molecule has 1 unspecified atom stereocenters. The molecule has 0 bridgehead atoms. The summed E-state index contributed by atoms with van der Waals surface area (Å²) >= 11 is 0. The van der Waals surface area contributed by atoms with Crippen LogP contribution < -0.4 is 10.5 Å². The Morgan fingerprint density at radius 3 is 2.53 bits per heavy atom. The van der Waals surface area contributed by atoms with Crippen LogP contribution in [0.4, 0.5) is 0 Å². The predicted molar refractivity (Wildman–Crippen MR) is 72.7 cm³/mol. The molecule has 0 spiro atoms. The van der Waals surface area contributed by atoms with Crippen molar-refractivity contribution in [2.75, 3.05) is 18.1 Å². The molecule has 0 heterocycles. The normalized spacial score (nSPS) is 13.4. The quantitative estimate of drug-likeness (QED) is 0.758. The van der Waals surface area contributed by atoms with E-state index in [1.807, 2.05) is 44.2 Å². The summed E-state index contributed by atoms with van der Waals surface area (Å²) in [7, 11) is -0.852. The van der Waals surface area contributed by atoms with Gasteiger partial charge in [0.05, 0.1) is 6.61 Å². The molecule has 4 heteroatoms. The van der Waals surface area contributed by atoms with Crippen molar-refractivity contribution in [1.29, 1.82) is 0 Å². The smallest absolute Gasteiger partial charge is 0.119 e. The van der Waals surface area contributed by atoms with Gasteiger partial charge in [0, 0.05) is 27.8 Å². The second-order valence-electron chi connectivity index (χ2n) is 4.79. The van der Waals surface area contributed by atoms with Crippen LogP contribution in [0.15, 0.2) is 30.3 Å². The summed E-state index contributed by atoms with van der Waals surface area (Å²) in [5, 5.41) is 0. The first-order chi connectivity index (χ1) is 7.97. The highest BCUT2D eigenvalue weighted by Crippen LogP contribution is 2.08. The molecule has 0 saturated carbocycles. The van der Waals surface area contributed by atoms with Gasteiger partial charge in [-0.3, -0.25) is 4.21 Å². The fourth-order valence-electron chi connectivity index (χ4n) is 1.41. The average molecular weight is 255 g/mol. The standard InChI is InChI=1S/C13H21NO2S/c1-13(2,14)11-17(15)10-6-9-16-12-7-4-3-5-8-12/h3-5,7-8H,6,9-11,14H2,1-2H3. The maximum Gasteiger partial charge on any atom is 0.119 e. The van der Waals surface area contributed by atoms with Crippen molar-refractivity contribution in [2.24, 2.45) is 5.73 Å². The highest BCUT2D eigenvalue weighted by Gasteiger charge is 2.14. The molecule has 0 radical (unpaired) electrons. The molecule has 0 fully saturated rings. The van der Waals surface area contributed by atoms with Gasteiger partial charge < -0.3 is 10.5 Å². The van der Waals surface area contributed by atoms with Gasteiger partial charge in [-0.2, -0.15) is 0 Å². The number of hydrogen-bond acceptors (Lipinski definition) is 3. The van der Waals surface area contributed by atoms with E-state index in [1.165, 1.54) is 0 Å². The first-order valence-corrected chi connectivity index (χ1v) is 7.28. The van der Waals surface area contributed by atoms with Gasteiger partial charge in [-0.25, -0.2) is 0 Å². The molecule has 96 valence electrons. The van der Waals surface area contributed by atoms with Crippen molar-refractivity contribution in [3.05, 3.63) is 30.3 Å². The zero-order valence-electron chi connectivity index (χ0n) is 10.5. The van der Waals surface area contributed by atoms with E-state index < -0.39 is 10.8 Å². The number of hydrogen-bond donors (Lipinski definition) is 1. The molecule has 17 heavy (non-hydrogen) atoms. The van der Waals surface area contributed by atoms with Crippen LogP contribution in [-0.2, 0) is 10.8 Å². The van der Waals surface area contributed by atoms with E-state index in [0.717, 1.165) is 12.2 Å². The number of benzene rings is 1. The number of rotatable bonds is 7. The Morgan fingerprint density at radius 1 is 1.29 bits per heavy atom. The van der Waals surface area contributed by atoms with Crippen molar-refractivity contribution in [1.82, 2.24) is 0 Å². The Labute approximate surface area is 106 Å². The fraction of sp³-hybridized carbons (Fsp3) is 0.538. The summed E-state index contributed by atoms with van der Waals surface area (Å²) in [4.78, 5) is 0. The van der Waals surface area contributed by atoms with Gasteiger partial charge in [-0.05, 0) is 32.4 Å². The number of para-hydroxylation sites is 1. The summed E-state index contributed by atoms with van der Waals surface area (Å²) in [5.74, 6) is 2.05. The topological polar surface area (TPSA) is 52.3 Å². The lowest BCUT2D eigenvalue weighted by Gasteiger charge is -2.17. The third-order valence-corrected chi connectivity index (χ3v) is 3.87. The zero-order valence-corrected chi connectivity index (χ0v) is 11.3. The van der Waals surface area contributed by atoms with Crippen LogP contribution in [0.1, 0.15) is 20.3 Å². The monoisotopic (exact) mass is 255 g/mol. The van der Waals surface area contributed by atoms with Crippen molar-refractivity contribution in [2.45, 2.75) is 25.8 Å². The molecule has 2 N–H and O–H groups in total. The van der Waals surface area contributed by atoms with Gasteiger partial charge in [-0.15, -0.1) is 0 Å². The highest BCUT2D eigenvalue weighted by atomic mass is 32.2. The Bertz CT molecular complexity index is 346. The molecule has 1 aromatic rings. The van der Waals surface area contributed by atoms with E-state index >= 15 is 0 Å². The molecule has 0 aromatic heterocycles. The second kappa shape index (κ2) is 6.77. The van der Waals surface area contributed by atoms with Crippen LogP contribution in [0.3, 0.4) is 0 Å². The zero-order chi connectivity index (χ0) is 12.7. The Balaban J connectivity index is 2.14. The summed E-state index contributed by atoms with van der Waals surface area (Å²) in [6.45, 7) is 4.39. The van der Waals surface area contributed by atoms with E-state index in [9.17, 15) is 4.21 Å². The Morgan fingerprint density at radius 2 is 1.94 bits per heavy atom. The van der Waals surface area contributed by atoms with Gasteiger partial charge in [0.2, 0.25) is 0 Å². The van der Waals surface area contributed by atoms with Crippen LogP contribution in [0, 0.1) is 0 Å². The molecule has 0 amide bonds. The predicted octanol–water partition coefficient (Wildman–Crippen LogP) is 1.94. The molecule has 1 atom stereocenters. The number of ether oxygens (including phenoxy) is 1. The summed E-state index contributed by atoms with van der Waals surface area (Å²) in [5.41, 5.74) is 5.45. The first-order valence-electron chi connectivity index (χ1n) is 5.79. The van der Waals surface area contributed by atoms with E-state index in [2.05, 4.69) is 0 Å². The third kappa shape index (κ3) is 7.13. The van der Waals surface area contributed by atoms with Crippen LogP contribution >= 0.6 is 0 Å². The van der Waals surface area contributed by atoms with Gasteiger partial charge in [0.1, 0.15) is 5.75 Å². The number of nitrogens with two attached hydrogens (primary N) is 1. The van der Waals surface area contributed by atoms with E-state index in [0.29, 0.717) is 18.1 Å². The molecule has 1 aromatic carbocycles. The summed E-state index contributed by atoms with van der Waals surface area (Å²) in [6.07, 6.45) is 0.789. The van der Waals surface area contributed by atoms with E-state index in [-0.39, 0.29) is 5.54 Å². The maximum atomic E-state index is 11.6. The molecular weight excluding hydrogens is 234 g/mol. The average Bonchev–Trinajstić information content (AvgIpc) is 2.23. The summed E-state index contributed by atoms with van der Waals surface area (Å²) < 4.78 is 17.2. The van der Waals surface area contributed by atoms with Crippen molar-refractivity contribution in [3.8, 4) is 5.75 Å². The summed E-state index contributed by atoms with van der Waals surface area (Å²) in [6, 6.07) is 9.65. The fourth-order valence-corrected chi connectivity index (χ4v) is 2.83. The SMILES string of the molecule is CC(C)(N)CS(=O)CCCOc1ccccc1. The minimum atomic E-state index is -0.852. The van der Waals surface area contributed by atoms with Gasteiger partial charge in [-0.1, -0.05) is 18.2 Å². The Kier molecular flexibility index (Phi) is 5.65. The molecular formula is C13H21NO2S. The lowest BCUT2D eigenvalue weighted by atomic mass is 10.1. The maximum absolute atomic E-state index is 11.6. The molecule has 0 saturated heterocycles. The highest BCUT2D eigenvalue weighted by molar-refractivity contribution is 7.85. The van der Waals surface area contributed by atoms with Gasteiger partial charge in [0.15, 0.2) is 0 Å². The molecule has 1 rings (SSSR count). The lowest BCUT2D eigenvalue weighted by molar-refractivity contribution is 0.318. The van der Waals surface area contributed by atoms with Crippen LogP contribution in [-0.4, -0.2) is 27.9 Å². The van der Waals surface area contributed by atoms with Gasteiger partial charge in [0.25, 0.3) is 0 Å². The largest absolute Gasteiger partial charge is 0.494 e. The van der Waals surface area contributed by atoms with Crippen LogP contribution in [0.25, 0.3) is 0 Å². The van der Waals surface area contributed by atoms with Gasteiger partial charge >= 0.3 is 0 Å². The molecule has 0 aliphatic heterocycles. The second-order valence-corrected chi connectivity index (χ2v) is 6.37. The minimum absolute atomic E-state index is 0.356. The molecule has 3 nitrogen and oxygen atoms in total. The van der Waals surface area contributed by atoms with Crippen LogP contribution in [0.5, 0.6) is 5.75 Å². The van der Waals surface area contributed by atoms with E-state index in [1.54, 1.807) is 0 Å². The molecule has 0 aliphatic carbocycles. The molecule has 0 aliphatic rings. The van der Waals surface area contributed by atoms with Crippen molar-refractivity contribution >= 4 is 10.8 Å². The minimum Gasteiger partial charge on any atom is -0.494 e. The first kappa shape index (κ1) is 14.2. The van der Waals surface area contributed by atoms with E-state index in [4.69, 9.17) is 10.5 Å². The Hall–Kier alpha value is -0.870. The van der Waals surface area contributed by atoms with Crippen molar-refractivity contribution in [3.63, 3.8) is 0 Å². The van der Waals surface area contributed by atoms with Crippen molar-refractivity contribution < 1.29 is 8.95 Å².